The van der Waals surface area contributed by atoms with Gasteiger partial charge < -0.3 is 19.2 Å². The van der Waals surface area contributed by atoms with Crippen molar-refractivity contribution in [2.45, 2.75) is 51.2 Å². The molecule has 0 aliphatic heterocycles. The number of fused-ring (bicyclic) bond motifs is 1. The van der Waals surface area contributed by atoms with Gasteiger partial charge in [-0.25, -0.2) is 0 Å². The summed E-state index contributed by atoms with van der Waals surface area (Å²) in [5, 5.41) is 3.85. The van der Waals surface area contributed by atoms with Gasteiger partial charge in [0.25, 0.3) is 5.91 Å². The van der Waals surface area contributed by atoms with Gasteiger partial charge in [-0.2, -0.15) is 0 Å². The summed E-state index contributed by atoms with van der Waals surface area (Å²) >= 11 is 0. The van der Waals surface area contributed by atoms with Crippen molar-refractivity contribution >= 4 is 16.9 Å². The molecule has 3 rings (SSSR count). The number of methoxy groups -OCH3 is 1. The van der Waals surface area contributed by atoms with Gasteiger partial charge in [0.15, 0.2) is 5.76 Å². The third kappa shape index (κ3) is 4.61. The van der Waals surface area contributed by atoms with E-state index in [1.807, 2.05) is 24.3 Å². The molecule has 0 saturated heterocycles. The molecule has 1 aliphatic rings. The lowest BCUT2D eigenvalue weighted by molar-refractivity contribution is 0.0273. The highest BCUT2D eigenvalue weighted by Gasteiger charge is 2.20. The third-order valence-electron chi connectivity index (χ3n) is 4.71. The van der Waals surface area contributed by atoms with E-state index >= 15 is 0 Å². The van der Waals surface area contributed by atoms with Crippen molar-refractivity contribution in [3.8, 4) is 0 Å². The molecule has 25 heavy (non-hydrogen) atoms. The molecule has 0 spiro atoms. The smallest absolute Gasteiger partial charge is 0.287 e. The van der Waals surface area contributed by atoms with Gasteiger partial charge in [0.2, 0.25) is 0 Å². The van der Waals surface area contributed by atoms with Crippen LogP contribution in [-0.4, -0.2) is 32.3 Å². The Balaban J connectivity index is 1.51. The summed E-state index contributed by atoms with van der Waals surface area (Å²) < 4.78 is 16.9. The van der Waals surface area contributed by atoms with Crippen molar-refractivity contribution in [2.75, 3.05) is 20.3 Å². The van der Waals surface area contributed by atoms with Crippen molar-refractivity contribution in [1.82, 2.24) is 5.32 Å². The predicted molar refractivity (Wildman–Crippen MR) is 96.7 cm³/mol. The van der Waals surface area contributed by atoms with Crippen LogP contribution in [0.2, 0.25) is 0 Å². The Kier molecular flexibility index (Phi) is 6.48. The molecule has 1 fully saturated rings. The molecule has 1 saturated carbocycles. The molecular weight excluding hydrogens is 318 g/mol. The Morgan fingerprint density at radius 2 is 2.04 bits per heavy atom. The maximum Gasteiger partial charge on any atom is 0.287 e. The first-order valence-electron chi connectivity index (χ1n) is 9.18. The second-order valence-corrected chi connectivity index (χ2v) is 6.58. The van der Waals surface area contributed by atoms with Crippen LogP contribution < -0.4 is 5.32 Å². The van der Waals surface area contributed by atoms with E-state index < -0.39 is 0 Å². The first-order valence-corrected chi connectivity index (χ1v) is 9.18. The second-order valence-electron chi connectivity index (χ2n) is 6.58. The molecular formula is C20H27NO4. The molecule has 1 heterocycles. The van der Waals surface area contributed by atoms with Crippen molar-refractivity contribution in [1.29, 1.82) is 0 Å². The van der Waals surface area contributed by atoms with Crippen molar-refractivity contribution < 1.29 is 18.7 Å². The van der Waals surface area contributed by atoms with Crippen molar-refractivity contribution in [3.05, 3.63) is 35.6 Å². The second kappa shape index (κ2) is 9.02. The maximum atomic E-state index is 12.5. The number of benzene rings is 1. The molecule has 5 heteroatoms. The molecule has 1 N–H and O–H groups in total. The number of para-hydroxylation sites is 1. The highest BCUT2D eigenvalue weighted by molar-refractivity contribution is 5.99. The van der Waals surface area contributed by atoms with E-state index in [1.54, 1.807) is 7.11 Å². The molecule has 1 amide bonds. The number of carbonyl (C=O) groups excluding carboxylic acids is 1. The van der Waals surface area contributed by atoms with Crippen LogP contribution in [0.1, 0.15) is 54.6 Å². The minimum Gasteiger partial charge on any atom is -0.451 e. The first kappa shape index (κ1) is 18.0. The zero-order valence-electron chi connectivity index (χ0n) is 14.9. The Labute approximate surface area is 148 Å². The summed E-state index contributed by atoms with van der Waals surface area (Å²) in [6.45, 7) is 1.62. The van der Waals surface area contributed by atoms with Gasteiger partial charge in [0.05, 0.1) is 12.7 Å². The first-order chi connectivity index (χ1) is 12.3. The highest BCUT2D eigenvalue weighted by atomic mass is 16.5. The SMILES string of the molecule is COCc1c(C(=O)NCCCOC2CCCCC2)oc2ccccc12. The molecule has 5 nitrogen and oxygen atoms in total. The van der Waals surface area contributed by atoms with E-state index in [0.29, 0.717) is 37.2 Å². The van der Waals surface area contributed by atoms with E-state index in [9.17, 15) is 4.79 Å². The van der Waals surface area contributed by atoms with E-state index in [1.165, 1.54) is 32.1 Å². The minimum atomic E-state index is -0.194. The minimum absolute atomic E-state index is 0.194. The van der Waals surface area contributed by atoms with Gasteiger partial charge in [0, 0.05) is 31.2 Å². The van der Waals surface area contributed by atoms with Crippen molar-refractivity contribution in [3.63, 3.8) is 0 Å². The Morgan fingerprint density at radius 3 is 2.84 bits per heavy atom. The van der Waals surface area contributed by atoms with Crippen LogP contribution in [0.5, 0.6) is 0 Å². The van der Waals surface area contributed by atoms with Gasteiger partial charge in [-0.3, -0.25) is 4.79 Å². The van der Waals surface area contributed by atoms with E-state index in [2.05, 4.69) is 5.32 Å². The van der Waals surface area contributed by atoms with Crippen molar-refractivity contribution in [2.24, 2.45) is 0 Å². The fourth-order valence-corrected chi connectivity index (χ4v) is 3.41. The number of nitrogens with one attached hydrogen (secondary N) is 1. The summed E-state index contributed by atoms with van der Waals surface area (Å²) in [7, 11) is 1.62. The summed E-state index contributed by atoms with van der Waals surface area (Å²) in [5.41, 5.74) is 1.51. The standard InChI is InChI=1S/C20H27NO4/c1-23-14-17-16-10-5-6-11-18(16)25-19(17)20(22)21-12-7-13-24-15-8-3-2-4-9-15/h5-6,10-11,15H,2-4,7-9,12-14H2,1H3,(H,21,22). The van der Waals surface area contributed by atoms with Gasteiger partial charge in [0.1, 0.15) is 5.58 Å². The van der Waals surface area contributed by atoms with Gasteiger partial charge >= 0.3 is 0 Å². The van der Waals surface area contributed by atoms with Crippen LogP contribution in [-0.2, 0) is 16.1 Å². The lowest BCUT2D eigenvalue weighted by Crippen LogP contribution is -2.26. The summed E-state index contributed by atoms with van der Waals surface area (Å²) in [6, 6.07) is 7.64. The third-order valence-corrected chi connectivity index (χ3v) is 4.71. The van der Waals surface area contributed by atoms with E-state index in [4.69, 9.17) is 13.9 Å². The lowest BCUT2D eigenvalue weighted by Gasteiger charge is -2.21. The number of rotatable bonds is 8. The zero-order chi connectivity index (χ0) is 17.5. The number of carbonyl (C=O) groups is 1. The number of furan rings is 1. The van der Waals surface area contributed by atoms with Crippen LogP contribution in [0.4, 0.5) is 0 Å². The Bertz CT molecular complexity index is 688. The quantitative estimate of drug-likeness (QED) is 0.733. The molecule has 0 atom stereocenters. The monoisotopic (exact) mass is 345 g/mol. The fourth-order valence-electron chi connectivity index (χ4n) is 3.41. The highest BCUT2D eigenvalue weighted by Crippen LogP contribution is 2.26. The average Bonchev–Trinajstić information content (AvgIpc) is 3.01. The van der Waals surface area contributed by atoms with Gasteiger partial charge in [-0.1, -0.05) is 37.5 Å². The molecule has 0 unspecified atom stereocenters. The largest absolute Gasteiger partial charge is 0.451 e. The van der Waals surface area contributed by atoms with Crippen LogP contribution in [0.15, 0.2) is 28.7 Å². The molecule has 136 valence electrons. The zero-order valence-corrected chi connectivity index (χ0v) is 14.9. The molecule has 1 aromatic heterocycles. The Morgan fingerprint density at radius 1 is 1.24 bits per heavy atom. The lowest BCUT2D eigenvalue weighted by atomic mass is 9.98. The number of ether oxygens (including phenoxy) is 2. The van der Waals surface area contributed by atoms with Crippen LogP contribution in [0.3, 0.4) is 0 Å². The van der Waals surface area contributed by atoms with E-state index in [0.717, 1.165) is 17.4 Å². The molecule has 1 aromatic carbocycles. The van der Waals surface area contributed by atoms with Crippen LogP contribution >= 0.6 is 0 Å². The van der Waals surface area contributed by atoms with Crippen LogP contribution in [0, 0.1) is 0 Å². The number of hydrogen-bond acceptors (Lipinski definition) is 4. The number of amides is 1. The normalized spacial score (nSPS) is 15.6. The molecule has 2 aromatic rings. The fraction of sp³-hybridized carbons (Fsp3) is 0.550. The van der Waals surface area contributed by atoms with Gasteiger partial charge in [-0.15, -0.1) is 0 Å². The summed E-state index contributed by atoms with van der Waals surface area (Å²) in [5.74, 6) is 0.150. The Hall–Kier alpha value is -1.85. The molecule has 0 bridgehead atoms. The molecule has 1 aliphatic carbocycles. The summed E-state index contributed by atoms with van der Waals surface area (Å²) in [6.07, 6.45) is 7.44. The maximum absolute atomic E-state index is 12.5. The van der Waals surface area contributed by atoms with E-state index in [-0.39, 0.29) is 5.91 Å². The predicted octanol–water partition coefficient (Wildman–Crippen LogP) is 4.05. The number of hydrogen-bond donors (Lipinski definition) is 1. The van der Waals surface area contributed by atoms with Crippen LogP contribution in [0.25, 0.3) is 11.0 Å². The average molecular weight is 345 g/mol. The topological polar surface area (TPSA) is 60.7 Å². The molecule has 0 radical (unpaired) electrons. The van der Waals surface area contributed by atoms with Gasteiger partial charge in [-0.05, 0) is 25.3 Å². The summed E-state index contributed by atoms with van der Waals surface area (Å²) in [4.78, 5) is 12.5.